The number of aliphatic carboxylic acids is 1. The maximum Gasteiger partial charge on any atom is 0.413 e. The molecule has 14 nitrogen and oxygen atoms in total. The zero-order chi connectivity index (χ0) is 27.7. The number of benzene rings is 1. The van der Waals surface area contributed by atoms with E-state index >= 15 is 0 Å². The summed E-state index contributed by atoms with van der Waals surface area (Å²) in [7, 11) is 0. The second-order valence-electron chi connectivity index (χ2n) is 9.09. The van der Waals surface area contributed by atoms with Crippen molar-refractivity contribution >= 4 is 41.0 Å². The van der Waals surface area contributed by atoms with Crippen LogP contribution in [0.25, 0.3) is 11.2 Å². The molecule has 2 heterocycles. The van der Waals surface area contributed by atoms with E-state index < -0.39 is 29.7 Å². The number of fused-ring (bicyclic) bond motifs is 1. The minimum absolute atomic E-state index is 0.0628. The standard InChI is InChI=1S/C24H29N7O7/c1-24(2,3)38-22(35)28-15-30(10-9-18(33)34)17(32)11-31-14-27-19-20(25-13-26-21(19)31)29-23(36)37-12-16-7-5-4-6-8-16/h4-8,13-14H,9-12,15H2,1-3H3,(H,28,35)(H,33,34)(H,25,26,29,36). The van der Waals surface area contributed by atoms with Gasteiger partial charge in [0.1, 0.15) is 25.1 Å². The van der Waals surface area contributed by atoms with E-state index in [0.29, 0.717) is 0 Å². The molecule has 3 rings (SSSR count). The van der Waals surface area contributed by atoms with Gasteiger partial charge in [0.15, 0.2) is 17.0 Å². The number of carboxylic acid groups (broad SMARTS) is 1. The Morgan fingerprint density at radius 1 is 1.05 bits per heavy atom. The topological polar surface area (TPSA) is 178 Å². The second kappa shape index (κ2) is 12.5. The Kier molecular flexibility index (Phi) is 9.13. The Labute approximate surface area is 218 Å². The van der Waals surface area contributed by atoms with Crippen LogP contribution >= 0.6 is 0 Å². The number of amides is 3. The molecule has 202 valence electrons. The minimum Gasteiger partial charge on any atom is -0.481 e. The first-order chi connectivity index (χ1) is 18.0. The predicted molar refractivity (Wildman–Crippen MR) is 134 cm³/mol. The van der Waals surface area contributed by atoms with Gasteiger partial charge in [0, 0.05) is 6.54 Å². The second-order valence-corrected chi connectivity index (χ2v) is 9.09. The van der Waals surface area contributed by atoms with E-state index in [0.717, 1.165) is 5.56 Å². The van der Waals surface area contributed by atoms with Gasteiger partial charge in [-0.2, -0.15) is 0 Å². The highest BCUT2D eigenvalue weighted by Crippen LogP contribution is 2.18. The normalized spacial score (nSPS) is 11.0. The zero-order valence-corrected chi connectivity index (χ0v) is 21.2. The van der Waals surface area contributed by atoms with Gasteiger partial charge in [-0.15, -0.1) is 0 Å². The van der Waals surface area contributed by atoms with Gasteiger partial charge in [-0.1, -0.05) is 30.3 Å². The lowest BCUT2D eigenvalue weighted by molar-refractivity contribution is -0.138. The Bertz CT molecular complexity index is 1290. The molecule has 38 heavy (non-hydrogen) atoms. The number of imidazole rings is 1. The molecule has 3 N–H and O–H groups in total. The number of aromatic nitrogens is 4. The molecule has 0 unspecified atom stereocenters. The molecule has 14 heteroatoms. The molecule has 3 aromatic rings. The summed E-state index contributed by atoms with van der Waals surface area (Å²) in [5, 5.41) is 14.0. The van der Waals surface area contributed by atoms with E-state index in [1.807, 2.05) is 30.3 Å². The van der Waals surface area contributed by atoms with Gasteiger partial charge in [-0.25, -0.2) is 24.5 Å². The maximum absolute atomic E-state index is 13.0. The number of carbonyl (C=O) groups is 4. The first-order valence-electron chi connectivity index (χ1n) is 11.6. The molecule has 0 aliphatic heterocycles. The number of hydrogen-bond donors (Lipinski definition) is 3. The van der Waals surface area contributed by atoms with Crippen LogP contribution < -0.4 is 10.6 Å². The zero-order valence-electron chi connectivity index (χ0n) is 21.2. The highest BCUT2D eigenvalue weighted by atomic mass is 16.6. The van der Waals surface area contributed by atoms with Crippen LogP contribution in [-0.2, 0) is 32.2 Å². The molecule has 0 fully saturated rings. The molecule has 0 radical (unpaired) electrons. The molecule has 0 aliphatic rings. The number of nitrogens with one attached hydrogen (secondary N) is 2. The Balaban J connectivity index is 1.67. The van der Waals surface area contributed by atoms with Gasteiger partial charge in [0.2, 0.25) is 5.91 Å². The number of anilines is 1. The summed E-state index contributed by atoms with van der Waals surface area (Å²) >= 11 is 0. The van der Waals surface area contributed by atoms with Crippen LogP contribution in [0.15, 0.2) is 43.0 Å². The summed E-state index contributed by atoms with van der Waals surface area (Å²) < 4.78 is 11.8. The molecular weight excluding hydrogens is 498 g/mol. The van der Waals surface area contributed by atoms with Crippen molar-refractivity contribution in [3.63, 3.8) is 0 Å². The number of hydrogen-bond acceptors (Lipinski definition) is 9. The van der Waals surface area contributed by atoms with E-state index in [2.05, 4.69) is 25.6 Å². The van der Waals surface area contributed by atoms with E-state index in [9.17, 15) is 19.2 Å². The fraction of sp³-hybridized carbons (Fsp3) is 0.375. The molecule has 0 aliphatic carbocycles. The van der Waals surface area contributed by atoms with Crippen molar-refractivity contribution in [1.82, 2.24) is 29.7 Å². The molecular formula is C24H29N7O7. The average Bonchev–Trinajstić information content (AvgIpc) is 3.25. The van der Waals surface area contributed by atoms with Crippen molar-refractivity contribution in [2.45, 2.75) is 45.9 Å². The highest BCUT2D eigenvalue weighted by molar-refractivity contribution is 5.93. The molecule has 0 bridgehead atoms. The summed E-state index contributed by atoms with van der Waals surface area (Å²) in [6.07, 6.45) is 0.723. The molecule has 1 aromatic carbocycles. The van der Waals surface area contributed by atoms with Crippen molar-refractivity contribution in [1.29, 1.82) is 0 Å². The Hall–Kier alpha value is -4.75. The number of ether oxygens (including phenoxy) is 2. The smallest absolute Gasteiger partial charge is 0.413 e. The van der Waals surface area contributed by atoms with Crippen LogP contribution in [0.1, 0.15) is 32.8 Å². The third-order valence-corrected chi connectivity index (χ3v) is 4.90. The lowest BCUT2D eigenvalue weighted by atomic mass is 10.2. The summed E-state index contributed by atoms with van der Waals surface area (Å²) in [6, 6.07) is 9.14. The maximum atomic E-state index is 13.0. The summed E-state index contributed by atoms with van der Waals surface area (Å²) in [5.74, 6) is -1.51. The first-order valence-corrected chi connectivity index (χ1v) is 11.6. The number of carbonyl (C=O) groups excluding carboxylic acids is 3. The fourth-order valence-corrected chi connectivity index (χ4v) is 3.19. The van der Waals surface area contributed by atoms with Crippen molar-refractivity contribution in [3.05, 3.63) is 48.5 Å². The van der Waals surface area contributed by atoms with Crippen molar-refractivity contribution in [2.75, 3.05) is 18.5 Å². The van der Waals surface area contributed by atoms with E-state index in [1.165, 1.54) is 22.1 Å². The van der Waals surface area contributed by atoms with Gasteiger partial charge >= 0.3 is 18.2 Å². The third kappa shape index (κ3) is 8.43. The van der Waals surface area contributed by atoms with Crippen LogP contribution in [0.3, 0.4) is 0 Å². The number of carboxylic acids is 1. The summed E-state index contributed by atoms with van der Waals surface area (Å²) in [6.45, 7) is 4.47. The van der Waals surface area contributed by atoms with Gasteiger partial charge in [-0.3, -0.25) is 14.9 Å². The van der Waals surface area contributed by atoms with Crippen LogP contribution in [0, 0.1) is 0 Å². The molecule has 3 amide bonds. The van der Waals surface area contributed by atoms with Crippen molar-refractivity contribution in [2.24, 2.45) is 0 Å². The minimum atomic E-state index is -1.10. The first kappa shape index (κ1) is 27.8. The summed E-state index contributed by atoms with van der Waals surface area (Å²) in [4.78, 5) is 61.9. The quantitative estimate of drug-likeness (QED) is 0.332. The van der Waals surface area contributed by atoms with Gasteiger partial charge in [0.05, 0.1) is 19.4 Å². The molecule has 0 saturated carbocycles. The Morgan fingerprint density at radius 3 is 2.47 bits per heavy atom. The van der Waals surface area contributed by atoms with Crippen LogP contribution in [0.5, 0.6) is 0 Å². The number of rotatable bonds is 10. The largest absolute Gasteiger partial charge is 0.481 e. The molecule has 0 saturated heterocycles. The van der Waals surface area contributed by atoms with Gasteiger partial charge < -0.3 is 29.4 Å². The molecule has 2 aromatic heterocycles. The average molecular weight is 528 g/mol. The van der Waals surface area contributed by atoms with Crippen molar-refractivity contribution in [3.8, 4) is 0 Å². The lowest BCUT2D eigenvalue weighted by Gasteiger charge is -2.24. The van der Waals surface area contributed by atoms with Crippen molar-refractivity contribution < 1.29 is 33.8 Å². The SMILES string of the molecule is CC(C)(C)OC(=O)NCN(CCC(=O)O)C(=O)Cn1cnc2c(NC(=O)OCc3ccccc3)ncnc21. The highest BCUT2D eigenvalue weighted by Gasteiger charge is 2.21. The predicted octanol–water partition coefficient (Wildman–Crippen LogP) is 2.36. The fourth-order valence-electron chi connectivity index (χ4n) is 3.19. The lowest BCUT2D eigenvalue weighted by Crippen LogP contribution is -2.45. The van der Waals surface area contributed by atoms with E-state index in [4.69, 9.17) is 14.6 Å². The third-order valence-electron chi connectivity index (χ3n) is 4.90. The van der Waals surface area contributed by atoms with Crippen LogP contribution in [0.2, 0.25) is 0 Å². The van der Waals surface area contributed by atoms with Gasteiger partial charge in [-0.05, 0) is 26.3 Å². The summed E-state index contributed by atoms with van der Waals surface area (Å²) in [5.41, 5.74) is 0.549. The van der Waals surface area contributed by atoms with E-state index in [-0.39, 0.29) is 49.8 Å². The number of nitrogens with zero attached hydrogens (tertiary/aromatic N) is 5. The molecule has 0 atom stereocenters. The monoisotopic (exact) mass is 527 g/mol. The van der Waals surface area contributed by atoms with Crippen LogP contribution in [0.4, 0.5) is 15.4 Å². The van der Waals surface area contributed by atoms with Gasteiger partial charge in [0.25, 0.3) is 0 Å². The number of alkyl carbamates (subject to hydrolysis) is 1. The van der Waals surface area contributed by atoms with Crippen LogP contribution in [-0.4, -0.2) is 72.4 Å². The molecule has 0 spiro atoms. The Morgan fingerprint density at radius 2 is 1.79 bits per heavy atom. The van der Waals surface area contributed by atoms with E-state index in [1.54, 1.807) is 20.8 Å².